The van der Waals surface area contributed by atoms with Crippen LogP contribution in [-0.4, -0.2) is 106 Å². The second-order valence-electron chi connectivity index (χ2n) is 13.3. The predicted octanol–water partition coefficient (Wildman–Crippen LogP) is -0.0712. The molecule has 282 valence electrons. The quantitative estimate of drug-likeness (QED) is 0.186. The van der Waals surface area contributed by atoms with Gasteiger partial charge in [-0.2, -0.15) is 0 Å². The largest absolute Gasteiger partial charge is 0.484 e. The minimum absolute atomic E-state index is 0.00288. The Morgan fingerprint density at radius 2 is 1.75 bits per heavy atom. The van der Waals surface area contributed by atoms with Crippen molar-refractivity contribution in [3.05, 3.63) is 81.8 Å². The number of carbonyl (C=O) groups excluding carboxylic acids is 6. The Hall–Kier alpha value is -5.35. The lowest BCUT2D eigenvalue weighted by Crippen LogP contribution is -2.60. The minimum Gasteiger partial charge on any atom is -0.484 e. The maximum absolute atomic E-state index is 14.4. The molecule has 0 radical (unpaired) electrons. The van der Waals surface area contributed by atoms with Crippen molar-refractivity contribution in [2.24, 2.45) is 0 Å². The smallest absolute Gasteiger partial charge is 0.258 e. The molecule has 1 aromatic heterocycles. The fraction of sp³-hybridized carbons (Fsp3) is 0.432. The molecule has 2 aromatic carbocycles. The molecule has 6 amide bonds. The third-order valence-electron chi connectivity index (χ3n) is 9.00. The first-order valence-electron chi connectivity index (χ1n) is 17.5. The first kappa shape index (κ1) is 38.9. The number of carbonyl (C=O) groups is 6. The molecule has 3 aliphatic heterocycles. The molecular weight excluding hydrogens is 703 g/mol. The summed E-state index contributed by atoms with van der Waals surface area (Å²) >= 11 is 1.41. The van der Waals surface area contributed by atoms with E-state index in [-0.39, 0.29) is 38.3 Å². The molecule has 1 saturated heterocycles. The number of thiazole rings is 1. The molecule has 0 unspecified atom stereocenters. The van der Waals surface area contributed by atoms with Crippen LogP contribution in [-0.2, 0) is 48.0 Å². The highest BCUT2D eigenvalue weighted by Crippen LogP contribution is 2.22. The number of ether oxygens (including phenoxy) is 1. The molecule has 3 aliphatic rings. The molecule has 4 heterocycles. The number of nitrogens with one attached hydrogen (secondary N) is 5. The maximum Gasteiger partial charge on any atom is 0.258 e. The third kappa shape index (κ3) is 10.8. The van der Waals surface area contributed by atoms with Gasteiger partial charge in [0.05, 0.1) is 23.2 Å². The first-order chi connectivity index (χ1) is 25.4. The average molecular weight is 748 g/mol. The van der Waals surface area contributed by atoms with E-state index < -0.39 is 72.5 Å². The number of aromatic nitrogens is 1. The molecule has 0 aliphatic carbocycles. The standard InChI is InChI=1S/C37H45N7O8S/c1-21-34(48)38-14-13-24-9-11-28(12-10-24)52-19-32(47)42-29(15-25-7-5-4-6-8-25)37(51)44-18-26(41-31(46)17-27-20-53-23(3)40-27)16-30(44)35(49)43-33(22(2)45)36(50)39-21/h4-12,20-22,26,29-30,33,45H,13-19H2,1-3H3,(H,38,48)(H,39,50)(H,41,46)(H,42,47)(H,43,49)/t21-,22+,26-,29-,30-,33-/m0/s1. The van der Waals surface area contributed by atoms with Crippen LogP contribution in [0.5, 0.6) is 5.75 Å². The number of hydrogen-bond donors (Lipinski definition) is 6. The van der Waals surface area contributed by atoms with Gasteiger partial charge in [0.15, 0.2) is 6.61 Å². The number of nitrogens with zero attached hydrogens (tertiary/aromatic N) is 2. The van der Waals surface area contributed by atoms with Crippen molar-refractivity contribution in [2.45, 2.75) is 82.8 Å². The van der Waals surface area contributed by atoms with Crippen LogP contribution in [0.4, 0.5) is 0 Å². The highest BCUT2D eigenvalue weighted by atomic mass is 32.1. The van der Waals surface area contributed by atoms with Crippen LogP contribution in [0.2, 0.25) is 0 Å². The van der Waals surface area contributed by atoms with Crippen LogP contribution in [0.15, 0.2) is 60.0 Å². The van der Waals surface area contributed by atoms with Gasteiger partial charge in [-0.1, -0.05) is 42.5 Å². The minimum atomic E-state index is -1.48. The average Bonchev–Trinajstić information content (AvgIpc) is 3.74. The SMILES string of the molecule is Cc1nc(CC(=O)N[C@H]2C[C@H]3C(=O)N[C@@H]([C@@H](C)O)C(=O)N[C@@H](C)C(=O)NCCc4ccc(cc4)OCC(=O)N[C@@H](Cc4ccccc4)C(=O)N3C2)cs1. The van der Waals surface area contributed by atoms with Crippen LogP contribution < -0.4 is 31.3 Å². The highest BCUT2D eigenvalue weighted by Gasteiger charge is 2.44. The monoisotopic (exact) mass is 747 g/mol. The summed E-state index contributed by atoms with van der Waals surface area (Å²) in [5.74, 6) is -3.13. The summed E-state index contributed by atoms with van der Waals surface area (Å²) in [4.78, 5) is 86.6. The van der Waals surface area contributed by atoms with Crippen molar-refractivity contribution in [1.29, 1.82) is 0 Å². The van der Waals surface area contributed by atoms with Crippen molar-refractivity contribution in [3.63, 3.8) is 0 Å². The summed E-state index contributed by atoms with van der Waals surface area (Å²) in [7, 11) is 0. The fourth-order valence-corrected chi connectivity index (χ4v) is 6.87. The van der Waals surface area contributed by atoms with Crippen LogP contribution in [0.25, 0.3) is 0 Å². The van der Waals surface area contributed by atoms with Crippen LogP contribution >= 0.6 is 11.3 Å². The van der Waals surface area contributed by atoms with Crippen LogP contribution in [0.1, 0.15) is 42.1 Å². The summed E-state index contributed by atoms with van der Waals surface area (Å²) < 4.78 is 5.72. The number of benzene rings is 2. The normalized spacial score (nSPS) is 24.0. The Bertz CT molecular complexity index is 1780. The van der Waals surface area contributed by atoms with Crippen LogP contribution in [0, 0.1) is 6.92 Å². The van der Waals surface area contributed by atoms with E-state index in [0.717, 1.165) is 16.1 Å². The summed E-state index contributed by atoms with van der Waals surface area (Å²) in [6.07, 6.45) is -0.833. The van der Waals surface area contributed by atoms with Crippen molar-refractivity contribution < 1.29 is 38.6 Å². The van der Waals surface area contributed by atoms with E-state index in [1.807, 2.05) is 25.1 Å². The Morgan fingerprint density at radius 3 is 2.43 bits per heavy atom. The van der Waals surface area contributed by atoms with Crippen molar-refractivity contribution >= 4 is 46.8 Å². The number of rotatable bonds is 6. The molecule has 6 rings (SSSR count). The first-order valence-corrected chi connectivity index (χ1v) is 18.4. The molecule has 1 fully saturated rings. The topological polar surface area (TPSA) is 208 Å². The molecule has 6 N–H and O–H groups in total. The molecule has 15 nitrogen and oxygen atoms in total. The van der Waals surface area contributed by atoms with Gasteiger partial charge in [-0.05, 0) is 56.9 Å². The van der Waals surface area contributed by atoms with Gasteiger partial charge < -0.3 is 41.3 Å². The fourth-order valence-electron chi connectivity index (χ4n) is 6.26. The molecule has 16 heteroatoms. The van der Waals surface area contributed by atoms with Crippen molar-refractivity contribution in [1.82, 2.24) is 36.5 Å². The Kier molecular flexibility index (Phi) is 13.1. The molecule has 53 heavy (non-hydrogen) atoms. The van der Waals surface area contributed by atoms with E-state index >= 15 is 0 Å². The lowest BCUT2D eigenvalue weighted by molar-refractivity contribution is -0.143. The van der Waals surface area contributed by atoms with Gasteiger partial charge in [-0.3, -0.25) is 28.8 Å². The van der Waals surface area contributed by atoms with Gasteiger partial charge in [0, 0.05) is 30.9 Å². The maximum atomic E-state index is 14.4. The van der Waals surface area contributed by atoms with Crippen molar-refractivity contribution in [2.75, 3.05) is 19.7 Å². The lowest BCUT2D eigenvalue weighted by atomic mass is 10.0. The molecule has 0 spiro atoms. The predicted molar refractivity (Wildman–Crippen MR) is 195 cm³/mol. The second kappa shape index (κ2) is 17.9. The summed E-state index contributed by atoms with van der Waals surface area (Å²) in [5, 5.41) is 26.7. The zero-order chi connectivity index (χ0) is 38.1. The number of aliphatic hydroxyl groups excluding tert-OH is 1. The number of aryl methyl sites for hydroxylation is 1. The van der Waals surface area contributed by atoms with Gasteiger partial charge in [-0.25, -0.2) is 4.98 Å². The number of hydrogen-bond acceptors (Lipinski definition) is 10. The van der Waals surface area contributed by atoms with Gasteiger partial charge in [0.25, 0.3) is 5.91 Å². The van der Waals surface area contributed by atoms with Gasteiger partial charge >= 0.3 is 0 Å². The highest BCUT2D eigenvalue weighted by molar-refractivity contribution is 7.09. The second-order valence-corrected chi connectivity index (χ2v) is 14.3. The Balaban J connectivity index is 1.44. The number of amides is 6. The van der Waals surface area contributed by atoms with E-state index in [4.69, 9.17) is 4.74 Å². The molecule has 2 bridgehead atoms. The number of fused-ring (bicyclic) bond motifs is 16. The Morgan fingerprint density at radius 1 is 1.02 bits per heavy atom. The van der Waals surface area contributed by atoms with Crippen LogP contribution in [0.3, 0.4) is 0 Å². The lowest BCUT2D eigenvalue weighted by Gasteiger charge is -2.30. The molecule has 6 atom stereocenters. The van der Waals surface area contributed by atoms with E-state index in [1.54, 1.807) is 41.8 Å². The molecular formula is C37H45N7O8S. The van der Waals surface area contributed by atoms with Gasteiger partial charge in [0.1, 0.15) is 29.9 Å². The summed E-state index contributed by atoms with van der Waals surface area (Å²) in [6.45, 7) is 4.43. The zero-order valence-electron chi connectivity index (χ0n) is 29.8. The van der Waals surface area contributed by atoms with E-state index in [2.05, 4.69) is 31.6 Å². The van der Waals surface area contributed by atoms with E-state index in [0.29, 0.717) is 17.9 Å². The zero-order valence-corrected chi connectivity index (χ0v) is 30.6. The third-order valence-corrected chi connectivity index (χ3v) is 9.82. The molecule has 0 saturated carbocycles. The summed E-state index contributed by atoms with van der Waals surface area (Å²) in [5.41, 5.74) is 2.22. The number of aliphatic hydroxyl groups is 1. The van der Waals surface area contributed by atoms with Gasteiger partial charge in [-0.15, -0.1) is 11.3 Å². The van der Waals surface area contributed by atoms with E-state index in [9.17, 15) is 33.9 Å². The van der Waals surface area contributed by atoms with Gasteiger partial charge in [0.2, 0.25) is 29.5 Å². The summed E-state index contributed by atoms with van der Waals surface area (Å²) in [6, 6.07) is 10.6. The van der Waals surface area contributed by atoms with Crippen molar-refractivity contribution in [3.8, 4) is 5.75 Å². The van der Waals surface area contributed by atoms with E-state index in [1.165, 1.54) is 30.1 Å². The molecule has 3 aromatic rings. The Labute approximate surface area is 311 Å².